The average molecular weight is 1120 g/mol. The van der Waals surface area contributed by atoms with Gasteiger partial charge in [0.25, 0.3) is 0 Å². The van der Waals surface area contributed by atoms with Crippen LogP contribution in [0.2, 0.25) is 0 Å². The number of fused-ring (bicyclic) bond motifs is 3. The molecule has 8 N–H and O–H groups in total. The van der Waals surface area contributed by atoms with Crippen LogP contribution in [0, 0.1) is 17.8 Å². The molecule has 0 aliphatic carbocycles. The Morgan fingerprint density at radius 3 is 1.99 bits per heavy atom. The second kappa shape index (κ2) is 37.1. The Hall–Kier alpha value is -2.91. The second-order valence-corrected chi connectivity index (χ2v) is 24.1. The lowest BCUT2D eigenvalue weighted by molar-refractivity contribution is -0.188. The molecular formula is C53H93N3O18P2. The fourth-order valence-electron chi connectivity index (χ4n) is 9.46. The number of rotatable bonds is 26. The summed E-state index contributed by atoms with van der Waals surface area (Å²) in [6, 6.07) is 1.25. The lowest BCUT2D eigenvalue weighted by Gasteiger charge is -2.39. The van der Waals surface area contributed by atoms with Crippen molar-refractivity contribution in [2.75, 3.05) is 25.6 Å². The van der Waals surface area contributed by atoms with E-state index >= 15 is 0 Å². The summed E-state index contributed by atoms with van der Waals surface area (Å²) < 4.78 is 59.2. The molecule has 11 atom stereocenters. The summed E-state index contributed by atoms with van der Waals surface area (Å²) in [6.07, 6.45) is 14.0. The van der Waals surface area contributed by atoms with Gasteiger partial charge in [0.2, 0.25) is 0 Å². The number of cyclic esters (lactones) is 1. The number of phosphoric acid groups is 2. The minimum atomic E-state index is -5.71. The van der Waals surface area contributed by atoms with Crippen molar-refractivity contribution in [3.63, 3.8) is 0 Å². The first-order valence-corrected chi connectivity index (χ1v) is 31.2. The quantitative estimate of drug-likeness (QED) is 0.0197. The zero-order valence-corrected chi connectivity index (χ0v) is 47.2. The number of aliphatic hydroxyl groups is 4. The number of carbonyl (C=O) groups is 3. The molecule has 0 amide bonds. The van der Waals surface area contributed by atoms with Gasteiger partial charge in [-0.2, -0.15) is 9.29 Å². The van der Waals surface area contributed by atoms with Crippen LogP contribution in [-0.2, 0) is 51.1 Å². The fourth-order valence-corrected chi connectivity index (χ4v) is 11.6. The van der Waals surface area contributed by atoms with Gasteiger partial charge in [-0.3, -0.25) is 28.0 Å². The summed E-state index contributed by atoms with van der Waals surface area (Å²) in [6.45, 7) is 3.83. The molecule has 0 spiro atoms. The van der Waals surface area contributed by atoms with Gasteiger partial charge in [0.15, 0.2) is 6.10 Å². The summed E-state index contributed by atoms with van der Waals surface area (Å²) >= 11 is 0. The fraction of sp³-hybridized carbons (Fsp3) is 0.830. The Balaban J connectivity index is 1.71. The van der Waals surface area contributed by atoms with Crippen LogP contribution >= 0.6 is 15.6 Å². The number of nitrogens with two attached hydrogens (primary N) is 1. The topological polar surface area (TPSA) is 323 Å². The van der Waals surface area contributed by atoms with Crippen LogP contribution in [0.4, 0.5) is 5.82 Å². The third kappa shape index (κ3) is 27.8. The van der Waals surface area contributed by atoms with E-state index in [2.05, 4.69) is 23.1 Å². The highest BCUT2D eigenvalue weighted by Crippen LogP contribution is 2.60. The van der Waals surface area contributed by atoms with E-state index < -0.39 is 120 Å². The van der Waals surface area contributed by atoms with Crippen molar-refractivity contribution in [1.29, 1.82) is 0 Å². The third-order valence-corrected chi connectivity index (χ3v) is 16.5. The number of hydrogen-bond donors (Lipinski definition) is 7. The number of ketones is 1. The summed E-state index contributed by atoms with van der Waals surface area (Å²) in [7, 11) is -11.3. The van der Waals surface area contributed by atoms with Crippen LogP contribution in [0.15, 0.2) is 29.2 Å². The molecule has 0 aromatic carbocycles. The van der Waals surface area contributed by atoms with E-state index in [-0.39, 0.29) is 25.1 Å². The molecule has 3 heterocycles. The Morgan fingerprint density at radius 1 is 0.803 bits per heavy atom. The number of unbranched alkanes of at least 4 members (excludes halogenated alkanes) is 16. The molecule has 2 aliphatic heterocycles. The molecule has 438 valence electrons. The number of esters is 2. The van der Waals surface area contributed by atoms with Crippen LogP contribution in [0.1, 0.15) is 207 Å². The number of anilines is 1. The standard InChI is InChI=1S/C53H93N3O18P2/c1-4-5-21-27-40(57)31-32-42-44(58)35-45(59)43-28-23-19-20-24-29-48(60)69-36-41(72-49(61)30-25-18-16-14-12-10-8-6-7-9-11-13-15-17-22-26-39(2)3)37-70-75(65,66)74-76(67,68)71-38-46(51(63)50(42)62)73-52(43)56-34-33-47(54)55-53(56)64/h31-34,39-43,45-46,50-52,57,59,62-63H,4-30,35-38H2,1-3H3,(H,65,66)(H,67,68)(H2,54,55,64)/b32-31+/t40-,41+,42-,43-,45-,46+,50-,51+,52+/m0/s1. The minimum absolute atomic E-state index is 0.00728. The van der Waals surface area contributed by atoms with E-state index in [1.54, 1.807) is 0 Å². The van der Waals surface area contributed by atoms with E-state index in [1.165, 1.54) is 95.0 Å². The maximum Gasteiger partial charge on any atom is 0.481 e. The first kappa shape index (κ1) is 67.4. The summed E-state index contributed by atoms with van der Waals surface area (Å²) in [5.41, 5.74) is 4.79. The van der Waals surface area contributed by atoms with Gasteiger partial charge in [-0.25, -0.2) is 13.9 Å². The maximum absolute atomic E-state index is 14.0. The number of ether oxygens (including phenoxy) is 3. The number of nitrogens with zero attached hydrogens (tertiary/aromatic N) is 2. The number of Topliss-reactive ketones (excluding diaryl/α,β-unsaturated/α-hetero) is 1. The van der Waals surface area contributed by atoms with E-state index in [0.717, 1.165) is 49.0 Å². The highest BCUT2D eigenvalue weighted by Gasteiger charge is 2.45. The number of aliphatic hydroxyl groups excluding tert-OH is 4. The minimum Gasteiger partial charge on any atom is -0.462 e. The largest absolute Gasteiger partial charge is 0.481 e. The van der Waals surface area contributed by atoms with Gasteiger partial charge < -0.3 is 50.2 Å². The molecule has 2 aliphatic rings. The number of aromatic nitrogens is 2. The van der Waals surface area contributed by atoms with Crippen molar-refractivity contribution in [3.8, 4) is 0 Å². The lowest BCUT2D eigenvalue weighted by Crippen LogP contribution is -2.51. The van der Waals surface area contributed by atoms with Crippen molar-refractivity contribution in [1.82, 2.24) is 9.55 Å². The summed E-state index contributed by atoms with van der Waals surface area (Å²) in [5, 5.41) is 45.8. The summed E-state index contributed by atoms with van der Waals surface area (Å²) in [5.74, 6) is -4.24. The lowest BCUT2D eigenvalue weighted by atomic mass is 9.83. The van der Waals surface area contributed by atoms with Gasteiger partial charge >= 0.3 is 33.3 Å². The molecule has 0 saturated carbocycles. The molecule has 76 heavy (non-hydrogen) atoms. The third-order valence-electron chi connectivity index (χ3n) is 13.9. The SMILES string of the molecule is CCCCC[C@H](O)/C=C/[C@H]1C(=O)C[C@H](O)[C@@H]2CCCCCCC(=O)OC[C@@H](OC(=O)CCCCCCCCCCCCCCCCCC(C)C)COP(=O)(O)OP(=O)(O)OC[C@@H](O[C@H]2n2ccc(N)nc2=O)[C@@H](O)[C@H]1O. The van der Waals surface area contributed by atoms with Gasteiger partial charge in [-0.15, -0.1) is 0 Å². The molecule has 2 unspecified atom stereocenters. The van der Waals surface area contributed by atoms with Gasteiger partial charge in [0, 0.05) is 31.4 Å². The molecule has 21 nitrogen and oxygen atoms in total. The molecule has 2 fully saturated rings. The van der Waals surface area contributed by atoms with Crippen LogP contribution in [0.25, 0.3) is 0 Å². The predicted octanol–water partition coefficient (Wildman–Crippen LogP) is 8.84. The average Bonchev–Trinajstić information content (AvgIpc) is 3.35. The Labute approximate surface area is 450 Å². The smallest absolute Gasteiger partial charge is 0.462 e. The highest BCUT2D eigenvalue weighted by atomic mass is 31.3. The monoisotopic (exact) mass is 1120 g/mol. The van der Waals surface area contributed by atoms with Crippen LogP contribution in [0.3, 0.4) is 0 Å². The van der Waals surface area contributed by atoms with Crippen LogP contribution in [-0.4, -0.2) is 114 Å². The molecule has 1 aromatic heterocycles. The van der Waals surface area contributed by atoms with Crippen molar-refractivity contribution in [2.45, 2.75) is 243 Å². The van der Waals surface area contributed by atoms with Gasteiger partial charge in [0.05, 0.1) is 37.4 Å². The molecule has 23 heteroatoms. The van der Waals surface area contributed by atoms with Crippen molar-refractivity contribution in [2.24, 2.45) is 17.8 Å². The molecule has 1 aromatic rings. The number of hydrogen-bond acceptors (Lipinski definition) is 18. The van der Waals surface area contributed by atoms with E-state index in [0.29, 0.717) is 44.9 Å². The number of carbonyl (C=O) groups excluding carboxylic acids is 3. The van der Waals surface area contributed by atoms with Crippen LogP contribution < -0.4 is 11.4 Å². The van der Waals surface area contributed by atoms with Crippen molar-refractivity contribution in [3.05, 3.63) is 34.9 Å². The number of phosphoric ester groups is 2. The van der Waals surface area contributed by atoms with E-state index in [9.17, 15) is 58.5 Å². The number of nitrogen functional groups attached to an aromatic ring is 1. The Kier molecular flexibility index (Phi) is 32.9. The van der Waals surface area contributed by atoms with Gasteiger partial charge in [-0.05, 0) is 37.7 Å². The van der Waals surface area contributed by atoms with E-state index in [4.69, 9.17) is 29.0 Å². The molecule has 0 radical (unpaired) electrons. The second-order valence-electron chi connectivity index (χ2n) is 21.1. The molecule has 2 saturated heterocycles. The first-order valence-electron chi connectivity index (χ1n) is 28.2. The summed E-state index contributed by atoms with van der Waals surface area (Å²) in [4.78, 5) is 78.4. The van der Waals surface area contributed by atoms with Crippen LogP contribution in [0.5, 0.6) is 0 Å². The van der Waals surface area contributed by atoms with Gasteiger partial charge in [0.1, 0.15) is 36.6 Å². The molecule has 3 rings (SSSR count). The molecular weight excluding hydrogens is 1030 g/mol. The van der Waals surface area contributed by atoms with Crippen molar-refractivity contribution >= 4 is 39.2 Å². The molecule has 2 bridgehead atoms. The highest BCUT2D eigenvalue weighted by molar-refractivity contribution is 7.61. The zero-order chi connectivity index (χ0) is 55.9. The van der Waals surface area contributed by atoms with Crippen molar-refractivity contribution < 1.29 is 81.3 Å². The predicted molar refractivity (Wildman–Crippen MR) is 285 cm³/mol. The normalized spacial score (nSPS) is 28.7. The van der Waals surface area contributed by atoms with Gasteiger partial charge in [-0.1, -0.05) is 168 Å². The first-order chi connectivity index (χ1) is 36.2. The Morgan fingerprint density at radius 2 is 1.38 bits per heavy atom. The Bertz CT molecular complexity index is 2010. The zero-order valence-electron chi connectivity index (χ0n) is 45.5. The van der Waals surface area contributed by atoms with E-state index in [1.807, 2.05) is 6.92 Å². The maximum atomic E-state index is 14.0.